The molecule has 1 aliphatic rings. The fraction of sp³-hybridized carbons (Fsp3) is 0.455. The highest BCUT2D eigenvalue weighted by Crippen LogP contribution is 2.32. The van der Waals surface area contributed by atoms with Crippen LogP contribution in [0, 0.1) is 5.92 Å². The predicted molar refractivity (Wildman–Crippen MR) is 71.4 cm³/mol. The van der Waals surface area contributed by atoms with Crippen LogP contribution in [-0.2, 0) is 19.9 Å². The van der Waals surface area contributed by atoms with Crippen LogP contribution in [-0.4, -0.2) is 34.0 Å². The van der Waals surface area contributed by atoms with Crippen LogP contribution >= 0.6 is 0 Å². The minimum absolute atomic E-state index is 0.00442. The molecule has 1 fully saturated rings. The second-order valence-corrected chi connectivity index (χ2v) is 8.56. The SMILES string of the molecule is CS(=O)(=O)c1ccc(O)c(NS(=O)(=O)CC2CC2)c1. The summed E-state index contributed by atoms with van der Waals surface area (Å²) in [4.78, 5) is -0.0468. The number of benzene rings is 1. The van der Waals surface area contributed by atoms with E-state index in [2.05, 4.69) is 4.72 Å². The smallest absolute Gasteiger partial charge is 0.233 e. The number of hydrogen-bond donors (Lipinski definition) is 2. The molecule has 1 aromatic rings. The molecule has 6 nitrogen and oxygen atoms in total. The summed E-state index contributed by atoms with van der Waals surface area (Å²) in [6, 6.07) is 3.50. The van der Waals surface area contributed by atoms with Gasteiger partial charge in [-0.3, -0.25) is 4.72 Å². The number of rotatable bonds is 5. The molecule has 19 heavy (non-hydrogen) atoms. The van der Waals surface area contributed by atoms with Crippen LogP contribution in [0.2, 0.25) is 0 Å². The third kappa shape index (κ3) is 3.84. The molecular formula is C11H15NO5S2. The van der Waals surface area contributed by atoms with E-state index >= 15 is 0 Å². The molecule has 2 N–H and O–H groups in total. The Balaban J connectivity index is 2.28. The third-order valence-corrected chi connectivity index (χ3v) is 5.37. The van der Waals surface area contributed by atoms with Crippen molar-refractivity contribution in [3.63, 3.8) is 0 Å². The zero-order valence-electron chi connectivity index (χ0n) is 10.3. The highest BCUT2D eigenvalue weighted by molar-refractivity contribution is 7.92. The average Bonchev–Trinajstić information content (AvgIpc) is 3.02. The topological polar surface area (TPSA) is 101 Å². The minimum atomic E-state index is -3.56. The third-order valence-electron chi connectivity index (χ3n) is 2.81. The number of aromatic hydroxyl groups is 1. The molecule has 0 aromatic heterocycles. The zero-order chi connectivity index (χ0) is 14.3. The van der Waals surface area contributed by atoms with Crippen LogP contribution in [0.4, 0.5) is 5.69 Å². The molecule has 106 valence electrons. The second-order valence-electron chi connectivity index (χ2n) is 4.78. The van der Waals surface area contributed by atoms with Crippen molar-refractivity contribution >= 4 is 25.5 Å². The summed E-state index contributed by atoms with van der Waals surface area (Å²) in [5.41, 5.74) is -0.108. The van der Waals surface area contributed by atoms with E-state index in [1.54, 1.807) is 0 Å². The fourth-order valence-corrected chi connectivity index (χ4v) is 3.81. The number of sulfone groups is 1. The summed E-state index contributed by atoms with van der Waals surface area (Å²) in [5.74, 6) is -0.139. The lowest BCUT2D eigenvalue weighted by molar-refractivity contribution is 0.477. The van der Waals surface area contributed by atoms with Gasteiger partial charge in [-0.2, -0.15) is 0 Å². The standard InChI is InChI=1S/C11H15NO5S2/c1-18(14,15)9-4-5-11(13)10(6-9)12-19(16,17)7-8-2-3-8/h4-6,8,12-13H,2-3,7H2,1H3. The number of sulfonamides is 1. The van der Waals surface area contributed by atoms with Crippen LogP contribution in [0.15, 0.2) is 23.1 Å². The van der Waals surface area contributed by atoms with E-state index < -0.39 is 19.9 Å². The number of phenols is 1. The van der Waals surface area contributed by atoms with Crippen molar-refractivity contribution in [1.29, 1.82) is 0 Å². The summed E-state index contributed by atoms with van der Waals surface area (Å²) < 4.78 is 48.6. The molecule has 1 aliphatic carbocycles. The number of nitrogens with one attached hydrogen (secondary N) is 1. The van der Waals surface area contributed by atoms with Crippen molar-refractivity contribution in [3.05, 3.63) is 18.2 Å². The molecule has 0 radical (unpaired) electrons. The van der Waals surface area contributed by atoms with Gasteiger partial charge in [-0.25, -0.2) is 16.8 Å². The van der Waals surface area contributed by atoms with E-state index in [0.717, 1.165) is 31.2 Å². The highest BCUT2D eigenvalue weighted by Gasteiger charge is 2.28. The van der Waals surface area contributed by atoms with Gasteiger partial charge in [0.15, 0.2) is 9.84 Å². The first-order valence-electron chi connectivity index (χ1n) is 5.71. The van der Waals surface area contributed by atoms with Gasteiger partial charge in [0.05, 0.1) is 16.3 Å². The molecule has 0 atom stereocenters. The Bertz CT molecular complexity index is 690. The summed E-state index contributed by atoms with van der Waals surface area (Å²) >= 11 is 0. The predicted octanol–water partition coefficient (Wildman–Crippen LogP) is 0.947. The molecule has 1 saturated carbocycles. The molecule has 8 heteroatoms. The first kappa shape index (κ1) is 14.1. The van der Waals surface area contributed by atoms with Crippen LogP contribution in [0.1, 0.15) is 12.8 Å². The van der Waals surface area contributed by atoms with Gasteiger partial charge in [-0.15, -0.1) is 0 Å². The molecule has 0 heterocycles. The van der Waals surface area contributed by atoms with Crippen molar-refractivity contribution < 1.29 is 21.9 Å². The van der Waals surface area contributed by atoms with Crippen molar-refractivity contribution in [3.8, 4) is 5.75 Å². The lowest BCUT2D eigenvalue weighted by Crippen LogP contribution is -2.18. The van der Waals surface area contributed by atoms with Gasteiger partial charge in [0.2, 0.25) is 10.0 Å². The van der Waals surface area contributed by atoms with Crippen LogP contribution in [0.25, 0.3) is 0 Å². The lowest BCUT2D eigenvalue weighted by Gasteiger charge is -2.10. The number of anilines is 1. The summed E-state index contributed by atoms with van der Waals surface area (Å²) in [5, 5.41) is 9.59. The molecule has 1 aromatic carbocycles. The van der Waals surface area contributed by atoms with Crippen LogP contribution in [0.5, 0.6) is 5.75 Å². The molecule has 0 amide bonds. The van der Waals surface area contributed by atoms with Crippen molar-refractivity contribution in [2.75, 3.05) is 16.7 Å². The van der Waals surface area contributed by atoms with E-state index in [4.69, 9.17) is 0 Å². The Kier molecular flexibility index (Phi) is 3.48. The van der Waals surface area contributed by atoms with Crippen LogP contribution < -0.4 is 4.72 Å². The summed E-state index contributed by atoms with van der Waals surface area (Å²) in [6.07, 6.45) is 2.79. The van der Waals surface area contributed by atoms with Crippen molar-refractivity contribution in [2.45, 2.75) is 17.7 Å². The first-order chi connectivity index (χ1) is 8.67. The molecule has 2 rings (SSSR count). The Morgan fingerprint density at radius 2 is 1.89 bits per heavy atom. The zero-order valence-corrected chi connectivity index (χ0v) is 12.0. The van der Waals surface area contributed by atoms with Gasteiger partial charge in [0.1, 0.15) is 5.75 Å². The normalized spacial score (nSPS) is 16.3. The van der Waals surface area contributed by atoms with Gasteiger partial charge >= 0.3 is 0 Å². The van der Waals surface area contributed by atoms with E-state index in [9.17, 15) is 21.9 Å². The molecular weight excluding hydrogens is 290 g/mol. The lowest BCUT2D eigenvalue weighted by atomic mass is 10.3. The van der Waals surface area contributed by atoms with E-state index in [0.29, 0.717) is 0 Å². The average molecular weight is 305 g/mol. The number of hydrogen-bond acceptors (Lipinski definition) is 5. The van der Waals surface area contributed by atoms with Gasteiger partial charge in [-0.1, -0.05) is 0 Å². The Hall–Kier alpha value is -1.28. The molecule has 0 bridgehead atoms. The van der Waals surface area contributed by atoms with Gasteiger partial charge in [0, 0.05) is 6.26 Å². The second kappa shape index (κ2) is 4.68. The molecule has 0 spiro atoms. The van der Waals surface area contributed by atoms with Crippen LogP contribution in [0.3, 0.4) is 0 Å². The monoisotopic (exact) mass is 305 g/mol. The minimum Gasteiger partial charge on any atom is -0.506 e. The maximum absolute atomic E-state index is 11.8. The molecule has 0 aliphatic heterocycles. The maximum atomic E-state index is 11.8. The van der Waals surface area contributed by atoms with E-state index in [-0.39, 0.29) is 28.0 Å². The Morgan fingerprint density at radius 3 is 2.42 bits per heavy atom. The quantitative estimate of drug-likeness (QED) is 0.789. The Labute approximate surface area is 112 Å². The van der Waals surface area contributed by atoms with Gasteiger partial charge < -0.3 is 5.11 Å². The van der Waals surface area contributed by atoms with E-state index in [1.165, 1.54) is 6.07 Å². The van der Waals surface area contributed by atoms with Crippen molar-refractivity contribution in [2.24, 2.45) is 5.92 Å². The largest absolute Gasteiger partial charge is 0.506 e. The Morgan fingerprint density at radius 1 is 1.26 bits per heavy atom. The van der Waals surface area contributed by atoms with Gasteiger partial charge in [0.25, 0.3) is 0 Å². The summed E-state index contributed by atoms with van der Waals surface area (Å²) in [6.45, 7) is 0. The fourth-order valence-electron chi connectivity index (χ4n) is 1.63. The summed E-state index contributed by atoms with van der Waals surface area (Å²) in [7, 11) is -7.02. The van der Waals surface area contributed by atoms with E-state index in [1.807, 2.05) is 0 Å². The first-order valence-corrected chi connectivity index (χ1v) is 9.25. The number of phenolic OH excluding ortho intramolecular Hbond substituents is 1. The molecule has 0 unspecified atom stereocenters. The van der Waals surface area contributed by atoms with Gasteiger partial charge in [-0.05, 0) is 37.0 Å². The van der Waals surface area contributed by atoms with Crippen molar-refractivity contribution in [1.82, 2.24) is 0 Å². The maximum Gasteiger partial charge on any atom is 0.233 e. The highest BCUT2D eigenvalue weighted by atomic mass is 32.2. The molecule has 0 saturated heterocycles.